The van der Waals surface area contributed by atoms with Crippen LogP contribution >= 0.6 is 0 Å². The lowest BCUT2D eigenvalue weighted by molar-refractivity contribution is 0.103. The Balaban J connectivity index is 2.48. The van der Waals surface area contributed by atoms with E-state index in [1.807, 2.05) is 0 Å². The second kappa shape index (κ2) is 4.17. The third-order valence-corrected chi connectivity index (χ3v) is 2.37. The number of phenols is 3. The van der Waals surface area contributed by atoms with E-state index in [0.29, 0.717) is 0 Å². The Kier molecular flexibility index (Phi) is 2.70. The molecule has 2 aromatic carbocycles. The van der Waals surface area contributed by atoms with E-state index in [-0.39, 0.29) is 22.6 Å². The number of rotatable bonds is 2. The molecule has 0 aromatic heterocycles. The minimum atomic E-state index is -0.464. The molecule has 0 heterocycles. The summed E-state index contributed by atoms with van der Waals surface area (Å²) < 4.78 is 0. The number of aromatic hydroxyl groups is 3. The van der Waals surface area contributed by atoms with Crippen LogP contribution in [0.4, 0.5) is 0 Å². The van der Waals surface area contributed by atoms with E-state index in [9.17, 15) is 20.1 Å². The van der Waals surface area contributed by atoms with Crippen molar-refractivity contribution in [2.24, 2.45) is 0 Å². The van der Waals surface area contributed by atoms with Crippen molar-refractivity contribution in [3.8, 4) is 17.2 Å². The van der Waals surface area contributed by atoms with Crippen LogP contribution in [0.3, 0.4) is 0 Å². The van der Waals surface area contributed by atoms with Crippen molar-refractivity contribution >= 4 is 5.78 Å². The van der Waals surface area contributed by atoms with Crippen molar-refractivity contribution in [1.29, 1.82) is 0 Å². The maximum absolute atomic E-state index is 12.0. The molecule has 0 radical (unpaired) electrons. The first-order valence-corrected chi connectivity index (χ1v) is 4.94. The van der Waals surface area contributed by atoms with Crippen molar-refractivity contribution in [1.82, 2.24) is 0 Å². The number of carbonyl (C=O) groups excluding carboxylic acids is 1. The van der Waals surface area contributed by atoms with Gasteiger partial charge in [-0.1, -0.05) is 18.2 Å². The van der Waals surface area contributed by atoms with Gasteiger partial charge in [-0.25, -0.2) is 0 Å². The molecule has 2 aromatic rings. The van der Waals surface area contributed by atoms with Gasteiger partial charge in [-0.2, -0.15) is 0 Å². The molecule has 0 amide bonds. The van der Waals surface area contributed by atoms with E-state index in [2.05, 4.69) is 0 Å². The number of benzene rings is 2. The van der Waals surface area contributed by atoms with Gasteiger partial charge < -0.3 is 15.3 Å². The zero-order chi connectivity index (χ0) is 12.4. The van der Waals surface area contributed by atoms with E-state index in [0.717, 1.165) is 0 Å². The lowest BCUT2D eigenvalue weighted by Crippen LogP contribution is -2.01. The van der Waals surface area contributed by atoms with Gasteiger partial charge in [-0.05, 0) is 24.3 Å². The largest absolute Gasteiger partial charge is 0.508 e. The quantitative estimate of drug-likeness (QED) is 0.545. The van der Waals surface area contributed by atoms with Crippen molar-refractivity contribution in [3.63, 3.8) is 0 Å². The molecule has 4 heteroatoms. The minimum Gasteiger partial charge on any atom is -0.508 e. The van der Waals surface area contributed by atoms with E-state index in [1.54, 1.807) is 0 Å². The Morgan fingerprint density at radius 3 is 2.35 bits per heavy atom. The minimum absolute atomic E-state index is 0.00407. The van der Waals surface area contributed by atoms with Gasteiger partial charge in [0.05, 0.1) is 5.56 Å². The fourth-order valence-electron chi connectivity index (χ4n) is 1.52. The zero-order valence-corrected chi connectivity index (χ0v) is 8.79. The molecule has 2 rings (SSSR count). The Morgan fingerprint density at radius 2 is 1.65 bits per heavy atom. The second-order valence-electron chi connectivity index (χ2n) is 3.55. The van der Waals surface area contributed by atoms with Crippen molar-refractivity contribution in [3.05, 3.63) is 53.6 Å². The van der Waals surface area contributed by atoms with Gasteiger partial charge >= 0.3 is 0 Å². The van der Waals surface area contributed by atoms with Crippen LogP contribution in [0.25, 0.3) is 0 Å². The van der Waals surface area contributed by atoms with E-state index in [4.69, 9.17) is 0 Å². The van der Waals surface area contributed by atoms with E-state index >= 15 is 0 Å². The van der Waals surface area contributed by atoms with Crippen molar-refractivity contribution in [2.45, 2.75) is 0 Å². The third kappa shape index (κ3) is 2.06. The third-order valence-electron chi connectivity index (χ3n) is 2.37. The summed E-state index contributed by atoms with van der Waals surface area (Å²) in [5.41, 5.74) is 0.238. The van der Waals surface area contributed by atoms with Crippen LogP contribution in [0.1, 0.15) is 15.9 Å². The van der Waals surface area contributed by atoms with Crippen molar-refractivity contribution < 1.29 is 20.1 Å². The van der Waals surface area contributed by atoms with Crippen LogP contribution in [0.2, 0.25) is 0 Å². The van der Waals surface area contributed by atoms with Gasteiger partial charge in [-0.15, -0.1) is 0 Å². The smallest absolute Gasteiger partial charge is 0.197 e. The molecule has 4 nitrogen and oxygen atoms in total. The predicted octanol–water partition coefficient (Wildman–Crippen LogP) is 2.03. The molecular weight excluding hydrogens is 220 g/mol. The van der Waals surface area contributed by atoms with E-state index in [1.165, 1.54) is 42.5 Å². The fourth-order valence-corrected chi connectivity index (χ4v) is 1.52. The Labute approximate surface area is 97.4 Å². The summed E-state index contributed by atoms with van der Waals surface area (Å²) in [4.78, 5) is 12.0. The fraction of sp³-hybridized carbons (Fsp3) is 0. The average molecular weight is 230 g/mol. The lowest BCUT2D eigenvalue weighted by atomic mass is 10.0. The second-order valence-corrected chi connectivity index (χ2v) is 3.55. The summed E-state index contributed by atoms with van der Waals surface area (Å²) in [7, 11) is 0. The highest BCUT2D eigenvalue weighted by Crippen LogP contribution is 2.30. The summed E-state index contributed by atoms with van der Waals surface area (Å²) >= 11 is 0. The molecule has 17 heavy (non-hydrogen) atoms. The number of hydrogen-bond acceptors (Lipinski definition) is 4. The molecule has 0 unspecified atom stereocenters. The number of phenolic OH excluding ortho intramolecular Hbond substituents is 3. The summed E-state index contributed by atoms with van der Waals surface area (Å²) in [5.74, 6) is -1.30. The molecule has 0 saturated carbocycles. The maximum Gasteiger partial charge on any atom is 0.197 e. The van der Waals surface area contributed by atoms with Crippen LogP contribution < -0.4 is 0 Å². The van der Waals surface area contributed by atoms with Crippen LogP contribution in [-0.2, 0) is 0 Å². The first-order chi connectivity index (χ1) is 8.09. The molecule has 0 aliphatic rings. The summed E-state index contributed by atoms with van der Waals surface area (Å²) in [6.07, 6.45) is 0. The number of carbonyl (C=O) groups is 1. The SMILES string of the molecule is O=C(c1cccc(O)c1)c1cccc(O)c1O. The highest BCUT2D eigenvalue weighted by molar-refractivity contribution is 6.11. The molecule has 0 atom stereocenters. The molecule has 0 saturated heterocycles. The van der Waals surface area contributed by atoms with Crippen LogP contribution in [-0.4, -0.2) is 21.1 Å². The molecule has 0 fully saturated rings. The first-order valence-electron chi connectivity index (χ1n) is 4.94. The molecule has 0 spiro atoms. The Hall–Kier alpha value is -2.49. The van der Waals surface area contributed by atoms with Crippen molar-refractivity contribution in [2.75, 3.05) is 0 Å². The number of para-hydroxylation sites is 1. The molecule has 0 bridgehead atoms. The molecular formula is C13H10O4. The number of hydrogen-bond donors (Lipinski definition) is 3. The molecule has 0 aliphatic heterocycles. The summed E-state index contributed by atoms with van der Waals surface area (Å²) in [6, 6.07) is 9.94. The first kappa shape index (κ1) is 11.0. The molecule has 86 valence electrons. The normalized spacial score (nSPS) is 10.1. The lowest BCUT2D eigenvalue weighted by Gasteiger charge is -2.05. The van der Waals surface area contributed by atoms with E-state index < -0.39 is 11.5 Å². The summed E-state index contributed by atoms with van der Waals surface area (Å²) in [6.45, 7) is 0. The Bertz CT molecular complexity index is 575. The molecule has 0 aliphatic carbocycles. The average Bonchev–Trinajstić information content (AvgIpc) is 2.32. The molecule has 3 N–H and O–H groups in total. The predicted molar refractivity (Wildman–Crippen MR) is 61.3 cm³/mol. The zero-order valence-electron chi connectivity index (χ0n) is 8.79. The van der Waals surface area contributed by atoms with Crippen LogP contribution in [0, 0.1) is 0 Å². The van der Waals surface area contributed by atoms with Crippen LogP contribution in [0.5, 0.6) is 17.2 Å². The van der Waals surface area contributed by atoms with Gasteiger partial charge in [0.25, 0.3) is 0 Å². The monoisotopic (exact) mass is 230 g/mol. The van der Waals surface area contributed by atoms with Gasteiger partial charge in [-0.3, -0.25) is 4.79 Å². The number of ketones is 1. The van der Waals surface area contributed by atoms with Gasteiger partial charge in [0.1, 0.15) is 5.75 Å². The highest BCUT2D eigenvalue weighted by Gasteiger charge is 2.15. The maximum atomic E-state index is 12.0. The standard InChI is InChI=1S/C13H10O4/c14-9-4-1-3-8(7-9)12(16)10-5-2-6-11(15)13(10)17/h1-7,14-15,17H. The van der Waals surface area contributed by atoms with Gasteiger partial charge in [0.15, 0.2) is 17.3 Å². The van der Waals surface area contributed by atoms with Crippen LogP contribution in [0.15, 0.2) is 42.5 Å². The van der Waals surface area contributed by atoms with Gasteiger partial charge in [0, 0.05) is 5.56 Å². The van der Waals surface area contributed by atoms with Gasteiger partial charge in [0.2, 0.25) is 0 Å². The highest BCUT2D eigenvalue weighted by atomic mass is 16.3. The summed E-state index contributed by atoms with van der Waals surface area (Å²) in [5, 5.41) is 28.1. The Morgan fingerprint density at radius 1 is 0.941 bits per heavy atom. The topological polar surface area (TPSA) is 77.8 Å².